The molecule has 1 aliphatic rings. The number of amides is 1. The van der Waals surface area contributed by atoms with Gasteiger partial charge >= 0.3 is 0 Å². The maximum absolute atomic E-state index is 13.2. The molecule has 0 N–H and O–H groups in total. The first-order valence-corrected chi connectivity index (χ1v) is 10.8. The van der Waals surface area contributed by atoms with Crippen LogP contribution in [-0.2, 0) is 21.2 Å². The first-order chi connectivity index (χ1) is 12.4. The predicted molar refractivity (Wildman–Crippen MR) is 101 cm³/mol. The van der Waals surface area contributed by atoms with Gasteiger partial charge in [-0.15, -0.1) is 11.3 Å². The summed E-state index contributed by atoms with van der Waals surface area (Å²) in [4.78, 5) is 14.3. The summed E-state index contributed by atoms with van der Waals surface area (Å²) in [7, 11) is -3.74. The van der Waals surface area contributed by atoms with Gasteiger partial charge in [0.05, 0.1) is 12.5 Å². The van der Waals surface area contributed by atoms with Crippen molar-refractivity contribution in [3.8, 4) is 0 Å². The highest BCUT2D eigenvalue weighted by Gasteiger charge is 2.43. The van der Waals surface area contributed by atoms with Gasteiger partial charge in [0, 0.05) is 28.4 Å². The molecule has 26 heavy (non-hydrogen) atoms. The van der Waals surface area contributed by atoms with Gasteiger partial charge in [-0.3, -0.25) is 4.79 Å². The Morgan fingerprint density at radius 2 is 2.15 bits per heavy atom. The second-order valence-corrected chi connectivity index (χ2v) is 10.2. The van der Waals surface area contributed by atoms with Crippen molar-refractivity contribution in [1.29, 1.82) is 0 Å². The number of halogens is 1. The minimum Gasteiger partial charge on any atom is -0.472 e. The van der Waals surface area contributed by atoms with Crippen LogP contribution in [0.3, 0.4) is 0 Å². The number of carbonyl (C=O) groups excluding carboxylic acids is 1. The summed E-state index contributed by atoms with van der Waals surface area (Å²) < 4.78 is 32.5. The van der Waals surface area contributed by atoms with Crippen LogP contribution in [0.2, 0.25) is 5.02 Å². The van der Waals surface area contributed by atoms with Crippen LogP contribution in [0, 0.1) is 6.92 Å². The summed E-state index contributed by atoms with van der Waals surface area (Å²) in [6.07, 6.45) is 3.40. The fourth-order valence-corrected chi connectivity index (χ4v) is 7.13. The number of fused-ring (bicyclic) bond motifs is 1. The topological polar surface area (TPSA) is 67.6 Å². The Morgan fingerprint density at radius 3 is 2.88 bits per heavy atom. The van der Waals surface area contributed by atoms with E-state index in [1.54, 1.807) is 36.3 Å². The first-order valence-electron chi connectivity index (χ1n) is 8.10. The van der Waals surface area contributed by atoms with E-state index in [4.69, 9.17) is 16.0 Å². The molecule has 136 valence electrons. The number of aryl methyl sites for hydroxylation is 1. The van der Waals surface area contributed by atoms with Crippen LogP contribution in [0.1, 0.15) is 17.5 Å². The first kappa shape index (κ1) is 17.6. The van der Waals surface area contributed by atoms with E-state index in [1.807, 2.05) is 6.07 Å². The van der Waals surface area contributed by atoms with Crippen LogP contribution in [0.15, 0.2) is 45.4 Å². The third kappa shape index (κ3) is 2.84. The van der Waals surface area contributed by atoms with Crippen molar-refractivity contribution in [3.63, 3.8) is 0 Å². The Balaban J connectivity index is 1.67. The third-order valence-corrected chi connectivity index (χ3v) is 8.95. The molecule has 1 atom stereocenters. The summed E-state index contributed by atoms with van der Waals surface area (Å²) in [5.41, 5.74) is 1.51. The average molecular weight is 410 g/mol. The molecule has 1 aliphatic heterocycles. The molecule has 8 heteroatoms. The van der Waals surface area contributed by atoms with Crippen LogP contribution in [0.25, 0.3) is 10.1 Å². The maximum Gasteiger partial charge on any atom is 0.241 e. The Hall–Kier alpha value is -1.83. The average Bonchev–Trinajstić information content (AvgIpc) is 3.30. The van der Waals surface area contributed by atoms with E-state index in [-0.39, 0.29) is 10.1 Å². The lowest BCUT2D eigenvalue weighted by molar-refractivity contribution is -0.127. The van der Waals surface area contributed by atoms with E-state index in [2.05, 4.69) is 0 Å². The molecular formula is C18H16ClNO4S2. The number of benzene rings is 1. The molecule has 0 saturated carbocycles. The molecule has 3 aromatic rings. The zero-order valence-corrected chi connectivity index (χ0v) is 16.3. The fourth-order valence-electron chi connectivity index (χ4n) is 3.33. The lowest BCUT2D eigenvalue weighted by Gasteiger charge is -2.15. The molecule has 0 unspecified atom stereocenters. The fraction of sp³-hybridized carbons (Fsp3) is 0.278. The molecule has 1 fully saturated rings. The molecule has 1 saturated heterocycles. The van der Waals surface area contributed by atoms with Crippen LogP contribution in [-0.4, -0.2) is 31.0 Å². The quantitative estimate of drug-likeness (QED) is 0.652. The highest BCUT2D eigenvalue weighted by Crippen LogP contribution is 2.38. The molecule has 0 radical (unpaired) electrons. The van der Waals surface area contributed by atoms with Crippen LogP contribution >= 0.6 is 22.9 Å². The Kier molecular flexibility index (Phi) is 4.33. The summed E-state index contributed by atoms with van der Waals surface area (Å²) in [5, 5.41) is 0.351. The number of nitrogens with zero attached hydrogens (tertiary/aromatic N) is 1. The largest absolute Gasteiger partial charge is 0.472 e. The number of thiophene rings is 1. The van der Waals surface area contributed by atoms with Crippen LogP contribution in [0.5, 0.6) is 0 Å². The molecule has 1 aromatic carbocycles. The second-order valence-electron chi connectivity index (χ2n) is 6.37. The van der Waals surface area contributed by atoms with Crippen molar-refractivity contribution in [1.82, 2.24) is 4.90 Å². The maximum atomic E-state index is 13.2. The number of furan rings is 1. The van der Waals surface area contributed by atoms with Crippen molar-refractivity contribution in [2.75, 3.05) is 6.54 Å². The lowest BCUT2D eigenvalue weighted by Crippen LogP contribution is -2.33. The lowest BCUT2D eigenvalue weighted by atomic mass is 10.2. The monoisotopic (exact) mass is 409 g/mol. The molecule has 0 spiro atoms. The third-order valence-electron chi connectivity index (χ3n) is 4.69. The van der Waals surface area contributed by atoms with Crippen molar-refractivity contribution in [3.05, 3.63) is 52.9 Å². The molecule has 0 bridgehead atoms. The minimum atomic E-state index is -3.74. The van der Waals surface area contributed by atoms with Crippen molar-refractivity contribution in [2.45, 2.75) is 29.3 Å². The van der Waals surface area contributed by atoms with Gasteiger partial charge < -0.3 is 9.32 Å². The number of hydrogen-bond donors (Lipinski definition) is 0. The zero-order valence-electron chi connectivity index (χ0n) is 13.9. The van der Waals surface area contributed by atoms with Gasteiger partial charge in [0.15, 0.2) is 9.84 Å². The zero-order chi connectivity index (χ0) is 18.5. The Morgan fingerprint density at radius 1 is 1.35 bits per heavy atom. The van der Waals surface area contributed by atoms with Crippen molar-refractivity contribution in [2.24, 2.45) is 0 Å². The summed E-state index contributed by atoms with van der Waals surface area (Å²) in [6, 6.07) is 7.10. The normalized spacial score (nSPS) is 18.2. The van der Waals surface area contributed by atoms with E-state index < -0.39 is 15.1 Å². The Labute approximate surface area is 160 Å². The van der Waals surface area contributed by atoms with Crippen LogP contribution in [0.4, 0.5) is 0 Å². The number of hydrogen-bond acceptors (Lipinski definition) is 5. The molecule has 5 nitrogen and oxygen atoms in total. The predicted octanol–water partition coefficient (Wildman–Crippen LogP) is 4.03. The summed E-state index contributed by atoms with van der Waals surface area (Å²) in [6.45, 7) is 2.55. The van der Waals surface area contributed by atoms with Crippen LogP contribution < -0.4 is 0 Å². The summed E-state index contributed by atoms with van der Waals surface area (Å²) in [5.74, 6) is -0.346. The highest BCUT2D eigenvalue weighted by atomic mass is 35.5. The number of sulfone groups is 1. The van der Waals surface area contributed by atoms with E-state index in [0.29, 0.717) is 30.1 Å². The smallest absolute Gasteiger partial charge is 0.241 e. The Bertz CT molecular complexity index is 1090. The molecular weight excluding hydrogens is 394 g/mol. The second kappa shape index (κ2) is 6.40. The molecule has 0 aliphatic carbocycles. The molecule has 4 rings (SSSR count). The number of rotatable bonds is 4. The summed E-state index contributed by atoms with van der Waals surface area (Å²) >= 11 is 7.24. The minimum absolute atomic E-state index is 0.262. The van der Waals surface area contributed by atoms with Crippen molar-refractivity contribution < 1.29 is 17.6 Å². The van der Waals surface area contributed by atoms with E-state index in [0.717, 1.165) is 15.6 Å². The molecule has 1 amide bonds. The van der Waals surface area contributed by atoms with Gasteiger partial charge in [-0.1, -0.05) is 11.6 Å². The SMILES string of the molecule is Cc1c(S(=O)(=O)[C@H]2CCN(Cc3ccoc3)C2=O)sc2ccc(Cl)cc12. The van der Waals surface area contributed by atoms with E-state index in [9.17, 15) is 13.2 Å². The highest BCUT2D eigenvalue weighted by molar-refractivity contribution is 7.95. The van der Waals surface area contributed by atoms with Gasteiger partial charge in [-0.2, -0.15) is 0 Å². The van der Waals surface area contributed by atoms with Gasteiger partial charge in [0.2, 0.25) is 5.91 Å². The van der Waals surface area contributed by atoms with Crippen molar-refractivity contribution >= 4 is 48.8 Å². The standard InChI is InChI=1S/C18H16ClNO4S2/c1-11-14-8-13(19)2-3-15(14)25-18(11)26(22,23)16-4-6-20(17(16)21)9-12-5-7-24-10-12/h2-3,5,7-8,10,16H,4,6,9H2,1H3/t16-/m0/s1. The molecule has 3 heterocycles. The van der Waals surface area contributed by atoms with Gasteiger partial charge in [-0.25, -0.2) is 8.42 Å². The van der Waals surface area contributed by atoms with E-state index in [1.165, 1.54) is 17.6 Å². The van der Waals surface area contributed by atoms with Gasteiger partial charge in [-0.05, 0) is 48.6 Å². The number of likely N-dealkylation sites (tertiary alicyclic amines) is 1. The van der Waals surface area contributed by atoms with Gasteiger partial charge in [0.1, 0.15) is 9.46 Å². The van der Waals surface area contributed by atoms with E-state index >= 15 is 0 Å². The molecule has 2 aromatic heterocycles. The number of carbonyl (C=O) groups is 1. The van der Waals surface area contributed by atoms with Gasteiger partial charge in [0.25, 0.3) is 0 Å².